The number of alkyl halides is 2. The van der Waals surface area contributed by atoms with Crippen LogP contribution in [-0.2, 0) is 5.75 Å². The van der Waals surface area contributed by atoms with Crippen molar-refractivity contribution in [2.45, 2.75) is 31.3 Å². The topological polar surface area (TPSA) is 70.9 Å². The highest BCUT2D eigenvalue weighted by atomic mass is 32.2. The van der Waals surface area contributed by atoms with E-state index in [-0.39, 0.29) is 17.4 Å². The van der Waals surface area contributed by atoms with Gasteiger partial charge in [-0.25, -0.2) is 0 Å². The molecular formula is C13H15F2N3O2S. The number of furan rings is 1. The molecule has 0 saturated heterocycles. The SMILES string of the molecule is CC(C)c1cc(NC(=O)c2ccc(CSC(F)F)o2)n[nH]1. The largest absolute Gasteiger partial charge is 0.455 e. The summed E-state index contributed by atoms with van der Waals surface area (Å²) in [7, 11) is 0. The minimum absolute atomic E-state index is 0.0187. The second kappa shape index (κ2) is 6.75. The molecule has 21 heavy (non-hydrogen) atoms. The van der Waals surface area contributed by atoms with Crippen molar-refractivity contribution in [2.75, 3.05) is 5.32 Å². The van der Waals surface area contributed by atoms with Gasteiger partial charge in [0, 0.05) is 11.8 Å². The Morgan fingerprint density at radius 3 is 2.86 bits per heavy atom. The molecule has 0 unspecified atom stereocenters. The number of nitrogens with one attached hydrogen (secondary N) is 2. The predicted octanol–water partition coefficient (Wildman–Crippen LogP) is 3.83. The van der Waals surface area contributed by atoms with E-state index in [1.807, 2.05) is 13.8 Å². The molecule has 0 fully saturated rings. The Hall–Kier alpha value is -1.83. The normalized spacial score (nSPS) is 11.3. The van der Waals surface area contributed by atoms with Crippen LogP contribution in [0.2, 0.25) is 0 Å². The molecule has 2 heterocycles. The Labute approximate surface area is 124 Å². The van der Waals surface area contributed by atoms with Gasteiger partial charge in [-0.15, -0.1) is 0 Å². The number of hydrogen-bond acceptors (Lipinski definition) is 4. The highest BCUT2D eigenvalue weighted by Crippen LogP contribution is 2.22. The van der Waals surface area contributed by atoms with Crippen molar-refractivity contribution in [2.24, 2.45) is 0 Å². The molecule has 0 aliphatic carbocycles. The molecule has 1 amide bonds. The van der Waals surface area contributed by atoms with Crippen molar-refractivity contribution in [1.29, 1.82) is 0 Å². The molecule has 5 nitrogen and oxygen atoms in total. The number of aromatic nitrogens is 2. The Morgan fingerprint density at radius 1 is 1.48 bits per heavy atom. The molecule has 0 spiro atoms. The molecule has 2 aromatic heterocycles. The first-order valence-electron chi connectivity index (χ1n) is 6.31. The smallest absolute Gasteiger partial charge is 0.292 e. The number of thioether (sulfide) groups is 1. The molecule has 2 N–H and O–H groups in total. The van der Waals surface area contributed by atoms with Crippen LogP contribution < -0.4 is 5.32 Å². The highest BCUT2D eigenvalue weighted by Gasteiger charge is 2.14. The molecule has 2 aromatic rings. The molecule has 0 bridgehead atoms. The summed E-state index contributed by atoms with van der Waals surface area (Å²) in [6.07, 6.45) is 0. The van der Waals surface area contributed by atoms with Gasteiger partial charge in [-0.05, 0) is 18.1 Å². The molecule has 0 atom stereocenters. The van der Waals surface area contributed by atoms with Gasteiger partial charge in [-0.2, -0.15) is 13.9 Å². The lowest BCUT2D eigenvalue weighted by molar-refractivity contribution is 0.0995. The lowest BCUT2D eigenvalue weighted by Gasteiger charge is -1.99. The Morgan fingerprint density at radius 2 is 2.24 bits per heavy atom. The van der Waals surface area contributed by atoms with E-state index in [0.29, 0.717) is 23.3 Å². The third-order valence-corrected chi connectivity index (χ3v) is 3.40. The molecule has 0 radical (unpaired) electrons. The summed E-state index contributed by atoms with van der Waals surface area (Å²) in [5.74, 6) is -1.86. The number of rotatable bonds is 6. The maximum absolute atomic E-state index is 12.1. The van der Waals surface area contributed by atoms with E-state index in [9.17, 15) is 13.6 Å². The van der Waals surface area contributed by atoms with E-state index in [1.165, 1.54) is 12.1 Å². The third kappa shape index (κ3) is 4.32. The van der Waals surface area contributed by atoms with Crippen LogP contribution in [0.1, 0.15) is 41.8 Å². The summed E-state index contributed by atoms with van der Waals surface area (Å²) in [6, 6.07) is 4.69. The summed E-state index contributed by atoms with van der Waals surface area (Å²) >= 11 is 0.444. The average molecular weight is 315 g/mol. The van der Waals surface area contributed by atoms with Crippen LogP contribution in [0.4, 0.5) is 14.6 Å². The van der Waals surface area contributed by atoms with Crippen LogP contribution in [0.5, 0.6) is 0 Å². The summed E-state index contributed by atoms with van der Waals surface area (Å²) < 4.78 is 29.4. The van der Waals surface area contributed by atoms with Crippen molar-refractivity contribution >= 4 is 23.5 Å². The summed E-state index contributed by atoms with van der Waals surface area (Å²) in [5.41, 5.74) is 0.902. The molecule has 0 aliphatic heterocycles. The fourth-order valence-corrected chi connectivity index (χ4v) is 2.04. The van der Waals surface area contributed by atoms with E-state index in [2.05, 4.69) is 15.5 Å². The summed E-state index contributed by atoms with van der Waals surface area (Å²) in [4.78, 5) is 11.9. The summed E-state index contributed by atoms with van der Waals surface area (Å²) in [6.45, 7) is 4.00. The second-order valence-corrected chi connectivity index (χ2v) is 5.63. The van der Waals surface area contributed by atoms with Crippen molar-refractivity contribution in [3.05, 3.63) is 35.4 Å². The van der Waals surface area contributed by atoms with Crippen LogP contribution >= 0.6 is 11.8 Å². The Balaban J connectivity index is 1.96. The quantitative estimate of drug-likeness (QED) is 0.850. The Bertz CT molecular complexity index is 610. The number of carbonyl (C=O) groups excluding carboxylic acids is 1. The molecule has 114 valence electrons. The zero-order valence-electron chi connectivity index (χ0n) is 11.5. The van der Waals surface area contributed by atoms with Gasteiger partial charge in [-0.1, -0.05) is 25.6 Å². The first-order chi connectivity index (χ1) is 9.95. The minimum Gasteiger partial charge on any atom is -0.455 e. The van der Waals surface area contributed by atoms with Crippen LogP contribution in [0, 0.1) is 0 Å². The van der Waals surface area contributed by atoms with E-state index in [1.54, 1.807) is 6.07 Å². The lowest BCUT2D eigenvalue weighted by Crippen LogP contribution is -2.11. The van der Waals surface area contributed by atoms with Crippen LogP contribution in [0.3, 0.4) is 0 Å². The first-order valence-corrected chi connectivity index (χ1v) is 7.35. The molecule has 8 heteroatoms. The predicted molar refractivity (Wildman–Crippen MR) is 76.6 cm³/mol. The number of H-pyrrole nitrogens is 1. The zero-order chi connectivity index (χ0) is 15.4. The van der Waals surface area contributed by atoms with E-state index in [4.69, 9.17) is 4.42 Å². The maximum atomic E-state index is 12.1. The highest BCUT2D eigenvalue weighted by molar-refractivity contribution is 7.98. The average Bonchev–Trinajstić information content (AvgIpc) is 3.04. The number of nitrogens with zero attached hydrogens (tertiary/aromatic N) is 1. The lowest BCUT2D eigenvalue weighted by atomic mass is 10.1. The number of halogens is 2. The van der Waals surface area contributed by atoms with Crippen molar-refractivity contribution in [3.8, 4) is 0 Å². The Kier molecular flexibility index (Phi) is 5.00. The number of aromatic amines is 1. The number of amides is 1. The fraction of sp³-hybridized carbons (Fsp3) is 0.385. The second-order valence-electron chi connectivity index (χ2n) is 4.65. The standard InChI is InChI=1S/C13H15F2N3O2S/c1-7(2)9-5-11(18-17-9)16-12(19)10-4-3-8(20-10)6-21-13(14)15/h3-5,7,13H,6H2,1-2H3,(H2,16,17,18,19). The van der Waals surface area contributed by atoms with Crippen molar-refractivity contribution in [1.82, 2.24) is 10.2 Å². The molecule has 2 rings (SSSR count). The summed E-state index contributed by atoms with van der Waals surface area (Å²) in [5, 5.41) is 9.37. The van der Waals surface area contributed by atoms with Gasteiger partial charge in [0.1, 0.15) is 5.76 Å². The van der Waals surface area contributed by atoms with Crippen LogP contribution in [0.25, 0.3) is 0 Å². The van der Waals surface area contributed by atoms with Gasteiger partial charge in [0.2, 0.25) is 0 Å². The van der Waals surface area contributed by atoms with Gasteiger partial charge in [0.05, 0.1) is 5.75 Å². The maximum Gasteiger partial charge on any atom is 0.292 e. The van der Waals surface area contributed by atoms with E-state index < -0.39 is 11.7 Å². The van der Waals surface area contributed by atoms with Crippen molar-refractivity contribution in [3.63, 3.8) is 0 Å². The van der Waals surface area contributed by atoms with Crippen LogP contribution in [-0.4, -0.2) is 21.9 Å². The first kappa shape index (κ1) is 15.6. The zero-order valence-corrected chi connectivity index (χ0v) is 12.3. The number of carbonyl (C=O) groups is 1. The van der Waals surface area contributed by atoms with Gasteiger partial charge in [0.25, 0.3) is 11.7 Å². The molecule has 0 saturated carbocycles. The van der Waals surface area contributed by atoms with E-state index in [0.717, 1.165) is 5.69 Å². The van der Waals surface area contributed by atoms with Gasteiger partial charge < -0.3 is 9.73 Å². The monoisotopic (exact) mass is 315 g/mol. The number of hydrogen-bond donors (Lipinski definition) is 2. The molecule has 0 aromatic carbocycles. The molecular weight excluding hydrogens is 300 g/mol. The molecule has 0 aliphatic rings. The van der Waals surface area contributed by atoms with Crippen molar-refractivity contribution < 1.29 is 18.0 Å². The van der Waals surface area contributed by atoms with E-state index >= 15 is 0 Å². The third-order valence-electron chi connectivity index (χ3n) is 2.70. The van der Waals surface area contributed by atoms with Gasteiger partial charge >= 0.3 is 0 Å². The van der Waals surface area contributed by atoms with Gasteiger partial charge in [-0.3, -0.25) is 9.89 Å². The fourth-order valence-electron chi connectivity index (χ4n) is 1.60. The minimum atomic E-state index is -2.47. The van der Waals surface area contributed by atoms with Gasteiger partial charge in [0.15, 0.2) is 11.6 Å². The van der Waals surface area contributed by atoms with Crippen LogP contribution in [0.15, 0.2) is 22.6 Å². The number of anilines is 1.